The quantitative estimate of drug-likeness (QED) is 0.774. The lowest BCUT2D eigenvalue weighted by Gasteiger charge is -2.60. The van der Waals surface area contributed by atoms with Crippen LogP contribution in [0.4, 0.5) is 0 Å². The number of likely N-dealkylation sites (N-methyl/N-ethyl adjacent to an activating group) is 1. The van der Waals surface area contributed by atoms with Gasteiger partial charge in [-0.2, -0.15) is 0 Å². The van der Waals surface area contributed by atoms with Crippen molar-refractivity contribution in [2.24, 2.45) is 28.6 Å². The molecule has 1 N–H and O–H groups in total. The number of ether oxygens (including phenoxy) is 1. The van der Waals surface area contributed by atoms with Crippen LogP contribution in [0.15, 0.2) is 12.2 Å². The van der Waals surface area contributed by atoms with Gasteiger partial charge in [0.05, 0.1) is 0 Å². The summed E-state index contributed by atoms with van der Waals surface area (Å²) in [6.45, 7) is 5.54. The minimum Gasteiger partial charge on any atom is -0.368 e. The first-order valence-electron chi connectivity index (χ1n) is 11.7. The number of nitrogens with one attached hydrogen (secondary N) is 1. The van der Waals surface area contributed by atoms with E-state index in [1.807, 2.05) is 18.0 Å². The maximum absolute atomic E-state index is 12.7. The van der Waals surface area contributed by atoms with Crippen LogP contribution in [0.25, 0.3) is 0 Å². The van der Waals surface area contributed by atoms with Gasteiger partial charge in [-0.3, -0.25) is 9.59 Å². The molecule has 0 bridgehead atoms. The molecule has 1 unspecified atom stereocenters. The van der Waals surface area contributed by atoms with E-state index in [9.17, 15) is 9.59 Å². The summed E-state index contributed by atoms with van der Waals surface area (Å²) < 4.78 is 5.62. The average Bonchev–Trinajstić information content (AvgIpc) is 3.34. The Morgan fingerprint density at radius 3 is 2.72 bits per heavy atom. The molecular formula is C24H36N2O3. The van der Waals surface area contributed by atoms with Crippen molar-refractivity contribution in [1.82, 2.24) is 10.2 Å². The summed E-state index contributed by atoms with van der Waals surface area (Å²) in [5.41, 5.74) is 0.282. The zero-order chi connectivity index (χ0) is 20.4. The van der Waals surface area contributed by atoms with Crippen LogP contribution in [0.2, 0.25) is 0 Å². The van der Waals surface area contributed by atoms with Gasteiger partial charge in [-0.25, -0.2) is 0 Å². The maximum atomic E-state index is 12.7. The van der Waals surface area contributed by atoms with Crippen molar-refractivity contribution in [3.05, 3.63) is 12.2 Å². The van der Waals surface area contributed by atoms with Crippen LogP contribution < -0.4 is 5.32 Å². The van der Waals surface area contributed by atoms with E-state index in [2.05, 4.69) is 25.2 Å². The van der Waals surface area contributed by atoms with Crippen molar-refractivity contribution in [1.29, 1.82) is 0 Å². The van der Waals surface area contributed by atoms with E-state index in [1.165, 1.54) is 25.7 Å². The van der Waals surface area contributed by atoms with Crippen molar-refractivity contribution in [3.63, 3.8) is 0 Å². The number of carbonyl (C=O) groups excluding carboxylic acids is 2. The van der Waals surface area contributed by atoms with Gasteiger partial charge in [-0.15, -0.1) is 0 Å². The topological polar surface area (TPSA) is 58.6 Å². The number of hydrogen-bond donors (Lipinski definition) is 1. The van der Waals surface area contributed by atoms with E-state index in [-0.39, 0.29) is 34.8 Å². The summed E-state index contributed by atoms with van der Waals surface area (Å²) in [5.74, 6) is 2.28. The molecule has 1 saturated heterocycles. The second-order valence-electron chi connectivity index (χ2n) is 10.8. The predicted octanol–water partition coefficient (Wildman–Crippen LogP) is 3.29. The van der Waals surface area contributed by atoms with Gasteiger partial charge in [0, 0.05) is 31.2 Å². The molecule has 0 aromatic heterocycles. The lowest BCUT2D eigenvalue weighted by molar-refractivity contribution is -0.139. The minimum atomic E-state index is -0.233. The Kier molecular flexibility index (Phi) is 4.61. The van der Waals surface area contributed by atoms with Crippen LogP contribution in [0, 0.1) is 28.6 Å². The van der Waals surface area contributed by atoms with E-state index in [0.29, 0.717) is 23.8 Å². The molecule has 5 rings (SSSR count). The van der Waals surface area contributed by atoms with Gasteiger partial charge in [0.15, 0.2) is 0 Å². The number of amides is 2. The molecule has 2 aliphatic heterocycles. The van der Waals surface area contributed by atoms with E-state index in [0.717, 1.165) is 32.3 Å². The molecule has 3 saturated carbocycles. The third-order valence-corrected chi connectivity index (χ3v) is 9.67. The Balaban J connectivity index is 1.35. The Hall–Kier alpha value is -1.36. The molecule has 0 radical (unpaired) electrons. The molecule has 8 atom stereocenters. The molecule has 29 heavy (non-hydrogen) atoms. The van der Waals surface area contributed by atoms with E-state index < -0.39 is 0 Å². The Morgan fingerprint density at radius 2 is 1.97 bits per heavy atom. The second kappa shape index (κ2) is 6.83. The summed E-state index contributed by atoms with van der Waals surface area (Å²) >= 11 is 0. The summed E-state index contributed by atoms with van der Waals surface area (Å²) in [4.78, 5) is 26.9. The molecule has 0 aromatic carbocycles. The molecule has 5 aliphatic rings. The second-order valence-corrected chi connectivity index (χ2v) is 10.8. The minimum absolute atomic E-state index is 0.0892. The average molecular weight is 401 g/mol. The first-order valence-corrected chi connectivity index (χ1v) is 11.7. The highest BCUT2D eigenvalue weighted by atomic mass is 16.5. The highest BCUT2D eigenvalue weighted by Crippen LogP contribution is 2.63. The third-order valence-electron chi connectivity index (χ3n) is 9.67. The van der Waals surface area contributed by atoms with E-state index >= 15 is 0 Å². The number of rotatable bonds is 2. The number of fused-ring (bicyclic) bond motifs is 5. The van der Waals surface area contributed by atoms with Gasteiger partial charge in [0.2, 0.25) is 11.8 Å². The fourth-order valence-electron chi connectivity index (χ4n) is 8.02. The predicted molar refractivity (Wildman–Crippen MR) is 111 cm³/mol. The molecule has 2 heterocycles. The van der Waals surface area contributed by atoms with Crippen molar-refractivity contribution in [3.8, 4) is 0 Å². The third kappa shape index (κ3) is 2.83. The van der Waals surface area contributed by atoms with Crippen molar-refractivity contribution < 1.29 is 14.3 Å². The zero-order valence-electron chi connectivity index (χ0n) is 18.2. The highest BCUT2D eigenvalue weighted by molar-refractivity contribution is 5.89. The number of carbonyl (C=O) groups is 2. The van der Waals surface area contributed by atoms with Crippen LogP contribution in [-0.2, 0) is 14.3 Å². The van der Waals surface area contributed by atoms with Crippen LogP contribution in [0.5, 0.6) is 0 Å². The number of hydrogen-bond acceptors (Lipinski definition) is 3. The van der Waals surface area contributed by atoms with Crippen LogP contribution in [-0.4, -0.2) is 48.6 Å². The van der Waals surface area contributed by atoms with Crippen LogP contribution in [0.3, 0.4) is 0 Å². The lowest BCUT2D eigenvalue weighted by atomic mass is 9.48. The fourth-order valence-corrected chi connectivity index (χ4v) is 8.02. The summed E-state index contributed by atoms with van der Waals surface area (Å²) in [7, 11) is 1.98. The van der Waals surface area contributed by atoms with Crippen molar-refractivity contribution in [2.45, 2.75) is 83.4 Å². The largest absolute Gasteiger partial charge is 0.368 e. The van der Waals surface area contributed by atoms with Gasteiger partial charge in [0.1, 0.15) is 6.10 Å². The smallest absolute Gasteiger partial charge is 0.249 e. The van der Waals surface area contributed by atoms with Gasteiger partial charge >= 0.3 is 0 Å². The van der Waals surface area contributed by atoms with Crippen LogP contribution >= 0.6 is 0 Å². The van der Waals surface area contributed by atoms with Crippen molar-refractivity contribution >= 4 is 11.8 Å². The first kappa shape index (κ1) is 19.6. The first-order chi connectivity index (χ1) is 13.8. The Morgan fingerprint density at radius 1 is 1.14 bits per heavy atom. The molecule has 2 amide bonds. The monoisotopic (exact) mass is 400 g/mol. The molecule has 5 heteroatoms. The van der Waals surface area contributed by atoms with Crippen molar-refractivity contribution in [2.75, 3.05) is 13.7 Å². The number of nitrogens with zero attached hydrogens (tertiary/aromatic N) is 1. The van der Waals surface area contributed by atoms with Gasteiger partial charge in [0.25, 0.3) is 0 Å². The lowest BCUT2D eigenvalue weighted by Crippen LogP contribution is -2.60. The molecule has 4 fully saturated rings. The maximum Gasteiger partial charge on any atom is 0.249 e. The molecule has 160 valence electrons. The van der Waals surface area contributed by atoms with E-state index in [1.54, 1.807) is 0 Å². The van der Waals surface area contributed by atoms with Gasteiger partial charge in [-0.1, -0.05) is 19.9 Å². The van der Waals surface area contributed by atoms with Gasteiger partial charge in [-0.05, 0) is 80.6 Å². The van der Waals surface area contributed by atoms with Gasteiger partial charge < -0.3 is 15.0 Å². The summed E-state index contributed by atoms with van der Waals surface area (Å²) in [5, 5.41) is 3.40. The molecule has 0 spiro atoms. The Labute approximate surface area is 174 Å². The normalized spacial score (nSPS) is 48.8. The molecule has 3 aliphatic carbocycles. The summed E-state index contributed by atoms with van der Waals surface area (Å²) in [6.07, 6.45) is 12.7. The fraction of sp³-hybridized carbons (Fsp3) is 0.833. The van der Waals surface area contributed by atoms with Crippen LogP contribution in [0.1, 0.15) is 65.2 Å². The zero-order valence-corrected chi connectivity index (χ0v) is 18.2. The Bertz CT molecular complexity index is 730. The molecule has 5 nitrogen and oxygen atoms in total. The highest BCUT2D eigenvalue weighted by Gasteiger charge is 2.60. The molecule has 0 aromatic rings. The summed E-state index contributed by atoms with van der Waals surface area (Å²) in [6, 6.07) is 0.615. The van der Waals surface area contributed by atoms with E-state index in [4.69, 9.17) is 4.74 Å². The SMILES string of the molecule is CN1C(=O)C=C[C@]2(C)[C@H]3CC[C@]4(C)[C@@H](NC(=O)C5CCCO5)CC[C@H]4[C@@H]3CC[C@@H]12. The standard InChI is InChI=1S/C24H36N2O3/c1-23-12-10-17-15(6-9-20-24(17,2)13-11-21(27)26(20)3)16(23)7-8-19(23)25-22(28)18-5-4-14-29-18/h11,13,15-20H,4-10,12,14H2,1-3H3,(H,25,28)/t15-,16-,17-,18?,19-,20+,23-,24+/m0/s1. The molecular weight excluding hydrogens is 364 g/mol.